The summed E-state index contributed by atoms with van der Waals surface area (Å²) in [6, 6.07) is 0. The van der Waals surface area contributed by atoms with Crippen molar-refractivity contribution in [3.8, 4) is 0 Å². The summed E-state index contributed by atoms with van der Waals surface area (Å²) < 4.78 is 6.87. The Labute approximate surface area is 114 Å². The molecule has 0 aliphatic heterocycles. The summed E-state index contributed by atoms with van der Waals surface area (Å²) in [4.78, 5) is 0. The van der Waals surface area contributed by atoms with Crippen molar-refractivity contribution >= 4 is 32.2 Å². The molecule has 0 saturated carbocycles. The van der Waals surface area contributed by atoms with E-state index in [1.807, 2.05) is 0 Å². The molecule has 16 heavy (non-hydrogen) atoms. The van der Waals surface area contributed by atoms with Gasteiger partial charge in [-0.15, -0.1) is 24.8 Å². The van der Waals surface area contributed by atoms with E-state index < -0.39 is 17.9 Å². The molecule has 0 aromatic heterocycles. The van der Waals surface area contributed by atoms with Gasteiger partial charge in [-0.25, -0.2) is 0 Å². The van der Waals surface area contributed by atoms with Gasteiger partial charge in [-0.2, -0.15) is 0 Å². The zero-order valence-corrected chi connectivity index (χ0v) is 16.2. The van der Waals surface area contributed by atoms with Crippen LogP contribution in [-0.2, 0) is 17.9 Å². The zero-order chi connectivity index (χ0) is 10.3. The Morgan fingerprint density at radius 1 is 0.750 bits per heavy atom. The van der Waals surface area contributed by atoms with Crippen molar-refractivity contribution in [3.63, 3.8) is 0 Å². The van der Waals surface area contributed by atoms with Crippen LogP contribution in [0, 0.1) is 0 Å². The Bertz CT molecular complexity index is 305. The van der Waals surface area contributed by atoms with E-state index in [1.165, 1.54) is 7.37 Å². The molecule has 0 radical (unpaired) electrons. The molecule has 0 nitrogen and oxygen atoms in total. The first-order valence-electron chi connectivity index (χ1n) is 5.41. The van der Waals surface area contributed by atoms with Gasteiger partial charge in [-0.1, -0.05) is 0 Å². The number of hydrogen-bond acceptors (Lipinski definition) is 0. The maximum atomic E-state index is 2.63. The quantitative estimate of drug-likeness (QED) is 0.662. The Hall–Kier alpha value is 0.640. The van der Waals surface area contributed by atoms with Gasteiger partial charge in [0.05, 0.1) is 0 Å². The summed E-state index contributed by atoms with van der Waals surface area (Å²) in [7, 11) is 1.40. The summed E-state index contributed by atoms with van der Waals surface area (Å²) in [5.74, 6) is 0. The van der Waals surface area contributed by atoms with Crippen molar-refractivity contribution in [2.75, 3.05) is 0 Å². The van der Waals surface area contributed by atoms with E-state index in [2.05, 4.69) is 57.9 Å². The molecule has 2 rings (SSSR count). The molecule has 0 amide bonds. The third-order valence-electron chi connectivity index (χ3n) is 3.88. The number of halogens is 2. The van der Waals surface area contributed by atoms with Crippen LogP contribution in [-0.4, -0.2) is 7.37 Å². The van der Waals surface area contributed by atoms with Crippen molar-refractivity contribution in [2.45, 2.75) is 16.5 Å². The van der Waals surface area contributed by atoms with E-state index >= 15 is 0 Å². The van der Waals surface area contributed by atoms with E-state index in [0.717, 1.165) is 7.25 Å². The van der Waals surface area contributed by atoms with Gasteiger partial charge in [0.2, 0.25) is 0 Å². The number of rotatable bonds is 2. The fourth-order valence-electron chi connectivity index (χ4n) is 2.46. The molecule has 0 unspecified atom stereocenters. The summed E-state index contributed by atoms with van der Waals surface area (Å²) in [6.07, 6.45) is 18.6. The van der Waals surface area contributed by atoms with Gasteiger partial charge in [-0.05, 0) is 0 Å². The van der Waals surface area contributed by atoms with E-state index in [4.69, 9.17) is 0 Å². The monoisotopic (exact) mass is 353 g/mol. The maximum absolute atomic E-state index is 2.63. The molecule has 2 aliphatic rings. The fourth-order valence-corrected chi connectivity index (χ4v) is 16.0. The van der Waals surface area contributed by atoms with Gasteiger partial charge in [0.15, 0.2) is 0 Å². The second-order valence-corrected chi connectivity index (χ2v) is 44.6. The first-order chi connectivity index (χ1) is 6.49. The van der Waals surface area contributed by atoms with Crippen LogP contribution in [0.25, 0.3) is 0 Å². The summed E-state index contributed by atoms with van der Waals surface area (Å²) in [5, 5.41) is 0. The third kappa shape index (κ3) is 2.90. The van der Waals surface area contributed by atoms with Crippen LogP contribution >= 0.6 is 24.8 Å². The van der Waals surface area contributed by atoms with Crippen LogP contribution < -0.4 is 0 Å². The molecule has 0 spiro atoms. The van der Waals surface area contributed by atoms with Gasteiger partial charge >= 0.3 is 90.4 Å². The molecule has 0 atom stereocenters. The van der Waals surface area contributed by atoms with Crippen molar-refractivity contribution < 1.29 is 17.9 Å². The Kier molecular flexibility index (Phi) is 5.74. The molecule has 0 aromatic carbocycles. The van der Waals surface area contributed by atoms with E-state index in [-0.39, 0.29) is 24.8 Å². The fraction of sp³-hybridized carbons (Fsp3) is 0.333. The van der Waals surface area contributed by atoms with E-state index in [9.17, 15) is 0 Å². The number of allylic oxidation sites excluding steroid dienone is 8. The molecular weight excluding hydrogens is 334 g/mol. The molecule has 91 valence electrons. The molecule has 0 N–H and O–H groups in total. The molecule has 4 heteroatoms. The first kappa shape index (κ1) is 16.6. The zero-order valence-electron chi connectivity index (χ0n) is 10.1. The predicted octanol–water partition coefficient (Wildman–Crippen LogP) is 3.73. The molecule has 0 saturated heterocycles. The molecule has 2 aliphatic carbocycles. The summed E-state index contributed by atoms with van der Waals surface area (Å²) in [5.41, 5.74) is 0. The normalized spacial score (nSPS) is 21.8. The van der Waals surface area contributed by atoms with Gasteiger partial charge in [0, 0.05) is 0 Å². The van der Waals surface area contributed by atoms with Crippen LogP contribution in [0.2, 0.25) is 16.5 Å². The van der Waals surface area contributed by atoms with Gasteiger partial charge in [0.1, 0.15) is 0 Å². The minimum absolute atomic E-state index is 0. The average Bonchev–Trinajstić information content (AvgIpc) is 2.78. The standard InChI is InChI=1S/2C5H5.2CH3.2ClH.H3Si.Zr/c2*1-2-4-5-3-1;;;;;;/h2*1-5H;2*1H3;2*1H;1H3;. The first-order valence-corrected chi connectivity index (χ1v) is 21.5. The SMILES string of the molecule is Cl.Cl.[CH3][Zr]([CH3])([SiH3])([CH]1C=CC=C1)[CH]1C=CC=C1. The molecule has 0 heterocycles. The Morgan fingerprint density at radius 3 is 1.25 bits per heavy atom. The van der Waals surface area contributed by atoms with Crippen LogP contribution in [0.15, 0.2) is 48.6 Å². The second kappa shape index (κ2) is 5.52. The van der Waals surface area contributed by atoms with Crippen LogP contribution in [0.4, 0.5) is 0 Å². The van der Waals surface area contributed by atoms with Crippen LogP contribution in [0.1, 0.15) is 0 Å². The van der Waals surface area contributed by atoms with E-state index in [0.29, 0.717) is 0 Å². The van der Waals surface area contributed by atoms with Gasteiger partial charge < -0.3 is 0 Å². The van der Waals surface area contributed by atoms with Crippen molar-refractivity contribution in [2.24, 2.45) is 0 Å². The van der Waals surface area contributed by atoms with Gasteiger partial charge in [0.25, 0.3) is 0 Å². The molecule has 0 fully saturated rings. The topological polar surface area (TPSA) is 0 Å². The Balaban J connectivity index is 0.00000112. The summed E-state index contributed by atoms with van der Waals surface area (Å²) in [6.45, 7) is 0. The van der Waals surface area contributed by atoms with Crippen molar-refractivity contribution in [1.29, 1.82) is 0 Å². The van der Waals surface area contributed by atoms with Crippen LogP contribution in [0.5, 0.6) is 0 Å². The Morgan fingerprint density at radius 2 is 1.00 bits per heavy atom. The second-order valence-electron chi connectivity index (χ2n) is 5.99. The molecule has 0 aromatic rings. The van der Waals surface area contributed by atoms with E-state index in [1.54, 1.807) is 0 Å². The summed E-state index contributed by atoms with van der Waals surface area (Å²) >= 11 is -2.45. The van der Waals surface area contributed by atoms with Crippen molar-refractivity contribution in [3.05, 3.63) is 48.6 Å². The third-order valence-corrected chi connectivity index (χ3v) is 25.4. The van der Waals surface area contributed by atoms with Gasteiger partial charge in [-0.3, -0.25) is 0 Å². The minimum atomic E-state index is -2.45. The van der Waals surface area contributed by atoms with Crippen LogP contribution in [0.3, 0.4) is 0 Å². The molecular formula is C12H21Cl2SiZr. The predicted molar refractivity (Wildman–Crippen MR) is 80.2 cm³/mol. The number of hydrogen-bond donors (Lipinski definition) is 0. The molecule has 0 bridgehead atoms. The average molecular weight is 356 g/mol. The van der Waals surface area contributed by atoms with Crippen molar-refractivity contribution in [1.82, 2.24) is 0 Å².